The normalized spacial score (nSPS) is 12.3. The lowest BCUT2D eigenvalue weighted by Crippen LogP contribution is -2.54. The molecule has 0 aliphatic rings. The molecule has 0 heterocycles. The topological polar surface area (TPSA) is 105 Å². The molecule has 2 amide bonds. The highest BCUT2D eigenvalue weighted by Crippen LogP contribution is 2.32. The molecule has 226 valence electrons. The van der Waals surface area contributed by atoms with E-state index in [0.29, 0.717) is 11.4 Å². The summed E-state index contributed by atoms with van der Waals surface area (Å²) in [5, 5.41) is 2.92. The van der Waals surface area contributed by atoms with Gasteiger partial charge in [-0.25, -0.2) is 8.42 Å². The van der Waals surface area contributed by atoms with Crippen molar-refractivity contribution in [1.29, 1.82) is 0 Å². The first-order chi connectivity index (χ1) is 19.7. The molecule has 11 heteroatoms. The van der Waals surface area contributed by atoms with Crippen LogP contribution in [0.15, 0.2) is 76.1 Å². The van der Waals surface area contributed by atoms with E-state index in [1.54, 1.807) is 31.2 Å². The van der Waals surface area contributed by atoms with Gasteiger partial charge in [-0.1, -0.05) is 45.8 Å². The molecule has 0 bridgehead atoms. The number of aryl methyl sites for hydroxylation is 1. The van der Waals surface area contributed by atoms with E-state index in [4.69, 9.17) is 9.47 Å². The summed E-state index contributed by atoms with van der Waals surface area (Å²) in [6, 6.07) is 17.6. The average molecular weight is 661 g/mol. The Morgan fingerprint density at radius 1 is 0.952 bits per heavy atom. The number of hydrogen-bond donors (Lipinski definition) is 1. The molecule has 1 N–H and O–H groups in total. The first-order valence-corrected chi connectivity index (χ1v) is 15.6. The Hall–Kier alpha value is -3.57. The minimum atomic E-state index is -4.27. The summed E-state index contributed by atoms with van der Waals surface area (Å²) in [5.74, 6) is -0.294. The average Bonchev–Trinajstić information content (AvgIpc) is 2.93. The lowest BCUT2D eigenvalue weighted by Gasteiger charge is -2.33. The molecule has 0 radical (unpaired) electrons. The highest BCUT2D eigenvalue weighted by Gasteiger charge is 2.33. The summed E-state index contributed by atoms with van der Waals surface area (Å²) in [7, 11) is -1.39. The predicted octanol–water partition coefficient (Wildman–Crippen LogP) is 5.30. The van der Waals surface area contributed by atoms with Crippen LogP contribution >= 0.6 is 15.9 Å². The maximum atomic E-state index is 14.1. The van der Waals surface area contributed by atoms with Crippen LogP contribution in [0, 0.1) is 6.92 Å². The van der Waals surface area contributed by atoms with E-state index < -0.39 is 34.1 Å². The van der Waals surface area contributed by atoms with Crippen molar-refractivity contribution in [3.8, 4) is 11.5 Å². The number of benzene rings is 3. The number of ether oxygens (including phenoxy) is 2. The van der Waals surface area contributed by atoms with Crippen LogP contribution in [0.4, 0.5) is 5.69 Å². The molecule has 42 heavy (non-hydrogen) atoms. The van der Waals surface area contributed by atoms with E-state index in [1.165, 1.54) is 37.3 Å². The number of anilines is 1. The van der Waals surface area contributed by atoms with E-state index >= 15 is 0 Å². The Morgan fingerprint density at radius 2 is 1.60 bits per heavy atom. The number of amides is 2. The van der Waals surface area contributed by atoms with Crippen LogP contribution in [-0.4, -0.2) is 57.5 Å². The van der Waals surface area contributed by atoms with E-state index in [9.17, 15) is 18.0 Å². The van der Waals surface area contributed by atoms with Crippen molar-refractivity contribution < 1.29 is 27.5 Å². The summed E-state index contributed by atoms with van der Waals surface area (Å²) in [5.41, 5.74) is 1.48. The predicted molar refractivity (Wildman–Crippen MR) is 167 cm³/mol. The third-order valence-electron chi connectivity index (χ3n) is 6.45. The first kappa shape index (κ1) is 32.9. The van der Waals surface area contributed by atoms with Crippen LogP contribution in [-0.2, 0) is 26.2 Å². The second-order valence-corrected chi connectivity index (χ2v) is 13.7. The molecule has 0 saturated carbocycles. The SMILES string of the molecule is COc1ccc(S(=O)(=O)N(CC(=O)N(Cc2cccc(Br)c2)C(C)C(=O)NC(C)(C)C)c2ccc(C)cc2)cc1OC. The van der Waals surface area contributed by atoms with Crippen LogP contribution < -0.4 is 19.1 Å². The molecule has 0 aromatic heterocycles. The molecule has 3 aromatic carbocycles. The number of rotatable bonds is 11. The minimum absolute atomic E-state index is 0.0782. The molecule has 3 aromatic rings. The first-order valence-electron chi connectivity index (χ1n) is 13.3. The molecule has 1 unspecified atom stereocenters. The Bertz CT molecular complexity index is 1520. The third kappa shape index (κ3) is 8.25. The summed E-state index contributed by atoms with van der Waals surface area (Å²) < 4.78 is 40.7. The number of halogens is 1. The number of nitrogens with one attached hydrogen (secondary N) is 1. The molecule has 0 aliphatic heterocycles. The van der Waals surface area contributed by atoms with Gasteiger partial charge in [0, 0.05) is 22.6 Å². The zero-order valence-electron chi connectivity index (χ0n) is 25.0. The Labute approximate surface area is 257 Å². The molecule has 0 aliphatic carbocycles. The summed E-state index contributed by atoms with van der Waals surface area (Å²) in [6.45, 7) is 8.64. The Balaban J connectivity index is 2.08. The van der Waals surface area contributed by atoms with Crippen molar-refractivity contribution in [2.75, 3.05) is 25.1 Å². The molecule has 0 fully saturated rings. The smallest absolute Gasteiger partial charge is 0.264 e. The van der Waals surface area contributed by atoms with Gasteiger partial charge in [-0.3, -0.25) is 13.9 Å². The highest BCUT2D eigenvalue weighted by atomic mass is 79.9. The Morgan fingerprint density at radius 3 is 2.17 bits per heavy atom. The van der Waals surface area contributed by atoms with Crippen LogP contribution in [0.3, 0.4) is 0 Å². The quantitative estimate of drug-likeness (QED) is 0.299. The van der Waals surface area contributed by atoms with E-state index in [0.717, 1.165) is 19.9 Å². The highest BCUT2D eigenvalue weighted by molar-refractivity contribution is 9.10. The van der Waals surface area contributed by atoms with Crippen molar-refractivity contribution >= 4 is 43.5 Å². The van der Waals surface area contributed by atoms with E-state index in [-0.39, 0.29) is 23.1 Å². The van der Waals surface area contributed by atoms with Crippen LogP contribution in [0.1, 0.15) is 38.8 Å². The van der Waals surface area contributed by atoms with Gasteiger partial charge in [-0.15, -0.1) is 0 Å². The number of sulfonamides is 1. The van der Waals surface area contributed by atoms with Gasteiger partial charge in [-0.05, 0) is 76.6 Å². The van der Waals surface area contributed by atoms with Crippen LogP contribution in [0.25, 0.3) is 0 Å². The van der Waals surface area contributed by atoms with Gasteiger partial charge in [0.2, 0.25) is 11.8 Å². The lowest BCUT2D eigenvalue weighted by molar-refractivity contribution is -0.140. The van der Waals surface area contributed by atoms with Crippen LogP contribution in [0.5, 0.6) is 11.5 Å². The second-order valence-electron chi connectivity index (χ2n) is 10.9. The fourth-order valence-corrected chi connectivity index (χ4v) is 6.11. The van der Waals surface area contributed by atoms with Crippen molar-refractivity contribution in [1.82, 2.24) is 10.2 Å². The zero-order chi connectivity index (χ0) is 31.2. The van der Waals surface area contributed by atoms with Gasteiger partial charge >= 0.3 is 0 Å². The van der Waals surface area contributed by atoms with Crippen LogP contribution in [0.2, 0.25) is 0 Å². The molecule has 0 saturated heterocycles. The van der Waals surface area contributed by atoms with E-state index in [1.807, 2.05) is 52.0 Å². The summed E-state index contributed by atoms with van der Waals surface area (Å²) >= 11 is 3.46. The molecule has 9 nitrogen and oxygen atoms in total. The monoisotopic (exact) mass is 659 g/mol. The van der Waals surface area contributed by atoms with Crippen molar-refractivity contribution in [3.05, 3.63) is 82.3 Å². The van der Waals surface area contributed by atoms with Gasteiger partial charge in [0.1, 0.15) is 12.6 Å². The van der Waals surface area contributed by atoms with E-state index in [2.05, 4.69) is 21.2 Å². The van der Waals surface area contributed by atoms with Crippen molar-refractivity contribution in [3.63, 3.8) is 0 Å². The molecule has 1 atom stereocenters. The van der Waals surface area contributed by atoms with Crippen molar-refractivity contribution in [2.45, 2.75) is 57.6 Å². The largest absolute Gasteiger partial charge is 0.493 e. The van der Waals surface area contributed by atoms with Crippen molar-refractivity contribution in [2.24, 2.45) is 0 Å². The summed E-state index contributed by atoms with van der Waals surface area (Å²) in [6.07, 6.45) is 0. The van der Waals surface area contributed by atoms with Gasteiger partial charge in [-0.2, -0.15) is 0 Å². The zero-order valence-corrected chi connectivity index (χ0v) is 27.4. The van der Waals surface area contributed by atoms with Gasteiger partial charge in [0.15, 0.2) is 11.5 Å². The molecular weight excluding hydrogens is 622 g/mol. The number of nitrogens with zero attached hydrogens (tertiary/aromatic N) is 2. The maximum absolute atomic E-state index is 14.1. The molecular formula is C31H38BrN3O6S. The molecule has 0 spiro atoms. The summed E-state index contributed by atoms with van der Waals surface area (Å²) in [4.78, 5) is 28.6. The fourth-order valence-electron chi connectivity index (χ4n) is 4.23. The maximum Gasteiger partial charge on any atom is 0.264 e. The molecule has 3 rings (SSSR count). The lowest BCUT2D eigenvalue weighted by atomic mass is 10.1. The fraction of sp³-hybridized carbons (Fsp3) is 0.355. The minimum Gasteiger partial charge on any atom is -0.493 e. The van der Waals surface area contributed by atoms with Gasteiger partial charge in [0.05, 0.1) is 24.8 Å². The third-order valence-corrected chi connectivity index (χ3v) is 8.71. The van der Waals surface area contributed by atoms with Gasteiger partial charge < -0.3 is 19.7 Å². The number of carbonyl (C=O) groups is 2. The van der Waals surface area contributed by atoms with Gasteiger partial charge in [0.25, 0.3) is 10.0 Å². The number of carbonyl (C=O) groups excluding carboxylic acids is 2. The number of methoxy groups -OCH3 is 2. The standard InChI is InChI=1S/C31H38BrN3O6S/c1-21-11-13-25(14-12-21)35(42(38,39)26-15-16-27(40-6)28(18-26)41-7)20-29(36)34(19-23-9-8-10-24(32)17-23)22(2)30(37)33-31(3,4)5/h8-18,22H,19-20H2,1-7H3,(H,33,37). The second kappa shape index (κ2) is 13.6. The Kier molecular flexibility index (Phi) is 10.7. The number of hydrogen-bond acceptors (Lipinski definition) is 6.